The highest BCUT2D eigenvalue weighted by molar-refractivity contribution is 4.50. The molecule has 0 bridgehead atoms. The van der Waals surface area contributed by atoms with Crippen LogP contribution in [0.15, 0.2) is 10.2 Å². The maximum Gasteiger partial charge on any atom is 0.0601 e. The number of nitrogens with zero attached hydrogens (tertiary/aromatic N) is 2. The van der Waals surface area contributed by atoms with Crippen molar-refractivity contribution in [2.24, 2.45) is 16.1 Å². The van der Waals surface area contributed by atoms with E-state index in [2.05, 4.69) is 24.1 Å². The molecule has 1 atom stereocenters. The molecule has 54 valence electrons. The second-order valence-electron chi connectivity index (χ2n) is 2.37. The summed E-state index contributed by atoms with van der Waals surface area (Å²) in [6, 6.07) is 0. The molecule has 0 aliphatic carbocycles. The molecule has 0 fully saturated rings. The monoisotopic (exact) mass is 128 g/mol. The quantitative estimate of drug-likeness (QED) is 0.520. The second kappa shape index (κ2) is 5.73. The molecule has 0 aliphatic heterocycles. The second-order valence-corrected chi connectivity index (χ2v) is 2.37. The van der Waals surface area contributed by atoms with Crippen molar-refractivity contribution in [1.29, 1.82) is 0 Å². The third kappa shape index (κ3) is 5.47. The highest BCUT2D eigenvalue weighted by Gasteiger charge is 1.95. The van der Waals surface area contributed by atoms with Crippen molar-refractivity contribution in [3.8, 4) is 0 Å². The maximum atomic E-state index is 3.88. The Bertz CT molecular complexity index is 79.0. The predicted molar refractivity (Wildman–Crippen MR) is 39.7 cm³/mol. The van der Waals surface area contributed by atoms with E-state index in [-0.39, 0.29) is 0 Å². The van der Waals surface area contributed by atoms with E-state index in [1.807, 2.05) is 0 Å². The third-order valence-corrected chi connectivity index (χ3v) is 1.56. The lowest BCUT2D eigenvalue weighted by Gasteiger charge is -2.02. The van der Waals surface area contributed by atoms with Gasteiger partial charge < -0.3 is 0 Å². The van der Waals surface area contributed by atoms with Crippen LogP contribution in [0.3, 0.4) is 0 Å². The average Bonchev–Trinajstić information content (AvgIpc) is 1.89. The third-order valence-electron chi connectivity index (χ3n) is 1.56. The van der Waals surface area contributed by atoms with E-state index in [0.717, 1.165) is 12.5 Å². The van der Waals surface area contributed by atoms with Gasteiger partial charge in [0, 0.05) is 7.05 Å². The molecule has 0 aliphatic rings. The molecule has 9 heavy (non-hydrogen) atoms. The van der Waals surface area contributed by atoms with E-state index in [1.165, 1.54) is 12.8 Å². The maximum absolute atomic E-state index is 3.88. The average molecular weight is 128 g/mol. The lowest BCUT2D eigenvalue weighted by atomic mass is 10.1. The Morgan fingerprint density at radius 3 is 2.56 bits per heavy atom. The molecule has 0 saturated carbocycles. The van der Waals surface area contributed by atoms with Crippen molar-refractivity contribution in [3.63, 3.8) is 0 Å². The number of hydrogen-bond donors (Lipinski definition) is 0. The van der Waals surface area contributed by atoms with Crippen molar-refractivity contribution in [1.82, 2.24) is 0 Å². The smallest absolute Gasteiger partial charge is 0.0601 e. The zero-order valence-corrected chi connectivity index (χ0v) is 6.59. The van der Waals surface area contributed by atoms with Gasteiger partial charge in [-0.15, -0.1) is 0 Å². The molecule has 0 amide bonds. The predicted octanol–water partition coefficient (Wildman–Crippen LogP) is 2.50. The van der Waals surface area contributed by atoms with Crippen LogP contribution in [-0.4, -0.2) is 13.6 Å². The lowest BCUT2D eigenvalue weighted by Crippen LogP contribution is -1.93. The van der Waals surface area contributed by atoms with Gasteiger partial charge in [-0.25, -0.2) is 0 Å². The van der Waals surface area contributed by atoms with Gasteiger partial charge >= 0.3 is 0 Å². The summed E-state index contributed by atoms with van der Waals surface area (Å²) in [6.45, 7) is 5.34. The Hall–Kier alpha value is -0.400. The zero-order valence-electron chi connectivity index (χ0n) is 6.59. The van der Waals surface area contributed by atoms with Gasteiger partial charge in [-0.2, -0.15) is 10.2 Å². The molecule has 0 heterocycles. The van der Waals surface area contributed by atoms with Crippen molar-refractivity contribution in [2.75, 3.05) is 13.6 Å². The minimum Gasteiger partial charge on any atom is -0.198 e. The van der Waals surface area contributed by atoms with Gasteiger partial charge in [0.25, 0.3) is 0 Å². The minimum absolute atomic E-state index is 0.801. The summed E-state index contributed by atoms with van der Waals surface area (Å²) in [5.74, 6) is 0.801. The standard InChI is InChI=1S/C7H16N2/c1-4-7(2)5-6-9-8-3/h7H,4-6H2,1-3H3. The van der Waals surface area contributed by atoms with Crippen LogP contribution in [0.4, 0.5) is 0 Å². The Kier molecular flexibility index (Phi) is 5.48. The Morgan fingerprint density at radius 1 is 1.44 bits per heavy atom. The van der Waals surface area contributed by atoms with Gasteiger partial charge in [0.1, 0.15) is 0 Å². The first kappa shape index (κ1) is 8.60. The molecular formula is C7H16N2. The first-order chi connectivity index (χ1) is 4.31. The number of rotatable bonds is 4. The van der Waals surface area contributed by atoms with Crippen LogP contribution in [0.5, 0.6) is 0 Å². The Morgan fingerprint density at radius 2 is 2.11 bits per heavy atom. The van der Waals surface area contributed by atoms with Crippen LogP contribution in [0.1, 0.15) is 26.7 Å². The fourth-order valence-electron chi connectivity index (χ4n) is 0.582. The van der Waals surface area contributed by atoms with Crippen LogP contribution < -0.4 is 0 Å². The molecule has 0 aromatic rings. The summed E-state index contributed by atoms with van der Waals surface area (Å²) in [7, 11) is 1.72. The van der Waals surface area contributed by atoms with Crippen molar-refractivity contribution >= 4 is 0 Å². The summed E-state index contributed by atoms with van der Waals surface area (Å²) in [5.41, 5.74) is 0. The van der Waals surface area contributed by atoms with Gasteiger partial charge in [0.2, 0.25) is 0 Å². The normalized spacial score (nSPS) is 14.6. The highest BCUT2D eigenvalue weighted by Crippen LogP contribution is 2.05. The van der Waals surface area contributed by atoms with Gasteiger partial charge in [0.05, 0.1) is 6.54 Å². The van der Waals surface area contributed by atoms with Crippen LogP contribution in [0.25, 0.3) is 0 Å². The summed E-state index contributed by atoms with van der Waals surface area (Å²) in [4.78, 5) is 0. The summed E-state index contributed by atoms with van der Waals surface area (Å²) in [6.07, 6.45) is 2.42. The zero-order chi connectivity index (χ0) is 7.11. The minimum atomic E-state index is 0.801. The van der Waals surface area contributed by atoms with E-state index in [1.54, 1.807) is 7.05 Å². The number of hydrogen-bond acceptors (Lipinski definition) is 2. The molecule has 0 aromatic heterocycles. The summed E-state index contributed by atoms with van der Waals surface area (Å²) < 4.78 is 0. The first-order valence-electron chi connectivity index (χ1n) is 3.56. The van der Waals surface area contributed by atoms with E-state index < -0.39 is 0 Å². The molecule has 0 spiro atoms. The van der Waals surface area contributed by atoms with Gasteiger partial charge in [-0.3, -0.25) is 0 Å². The SMILES string of the molecule is CCC(C)CCN=NC. The van der Waals surface area contributed by atoms with Crippen molar-refractivity contribution in [2.45, 2.75) is 26.7 Å². The molecule has 0 N–H and O–H groups in total. The molecule has 0 rings (SSSR count). The lowest BCUT2D eigenvalue weighted by molar-refractivity contribution is 0.519. The summed E-state index contributed by atoms with van der Waals surface area (Å²) in [5, 5.41) is 7.55. The molecule has 0 aromatic carbocycles. The molecule has 0 radical (unpaired) electrons. The molecule has 2 heteroatoms. The van der Waals surface area contributed by atoms with Gasteiger partial charge in [-0.05, 0) is 12.3 Å². The topological polar surface area (TPSA) is 24.7 Å². The van der Waals surface area contributed by atoms with E-state index >= 15 is 0 Å². The molecular weight excluding hydrogens is 112 g/mol. The number of azo groups is 1. The van der Waals surface area contributed by atoms with E-state index in [0.29, 0.717) is 0 Å². The van der Waals surface area contributed by atoms with Crippen LogP contribution in [0.2, 0.25) is 0 Å². The molecule has 1 unspecified atom stereocenters. The Balaban J connectivity index is 3.06. The van der Waals surface area contributed by atoms with Crippen LogP contribution >= 0.6 is 0 Å². The first-order valence-corrected chi connectivity index (χ1v) is 3.56. The highest BCUT2D eigenvalue weighted by atomic mass is 15.1. The van der Waals surface area contributed by atoms with Crippen LogP contribution in [0, 0.1) is 5.92 Å². The largest absolute Gasteiger partial charge is 0.198 e. The molecule has 2 nitrogen and oxygen atoms in total. The van der Waals surface area contributed by atoms with Crippen LogP contribution in [-0.2, 0) is 0 Å². The van der Waals surface area contributed by atoms with Crippen molar-refractivity contribution in [3.05, 3.63) is 0 Å². The van der Waals surface area contributed by atoms with Gasteiger partial charge in [-0.1, -0.05) is 20.3 Å². The van der Waals surface area contributed by atoms with Gasteiger partial charge in [0.15, 0.2) is 0 Å². The molecule has 0 saturated heterocycles. The fourth-order valence-corrected chi connectivity index (χ4v) is 0.582. The summed E-state index contributed by atoms with van der Waals surface area (Å²) >= 11 is 0. The fraction of sp³-hybridized carbons (Fsp3) is 1.00. The van der Waals surface area contributed by atoms with E-state index in [4.69, 9.17) is 0 Å². The van der Waals surface area contributed by atoms with E-state index in [9.17, 15) is 0 Å². The Labute approximate surface area is 57.4 Å². The van der Waals surface area contributed by atoms with Crippen molar-refractivity contribution < 1.29 is 0 Å².